The van der Waals surface area contributed by atoms with E-state index in [0.717, 1.165) is 69.6 Å². The maximum absolute atomic E-state index is 12.8. The van der Waals surface area contributed by atoms with Crippen LogP contribution in [-0.2, 0) is 28.6 Å². The van der Waals surface area contributed by atoms with Gasteiger partial charge < -0.3 is 14.2 Å². The fourth-order valence-corrected chi connectivity index (χ4v) is 8.13. The van der Waals surface area contributed by atoms with Crippen LogP contribution < -0.4 is 0 Å². The summed E-state index contributed by atoms with van der Waals surface area (Å²) in [5, 5.41) is 0. The summed E-state index contributed by atoms with van der Waals surface area (Å²) in [5.41, 5.74) is 0. The van der Waals surface area contributed by atoms with Crippen molar-refractivity contribution < 1.29 is 28.6 Å². The van der Waals surface area contributed by atoms with Crippen molar-refractivity contribution in [3.63, 3.8) is 0 Å². The molecule has 0 aromatic carbocycles. The van der Waals surface area contributed by atoms with E-state index in [1.807, 2.05) is 0 Å². The van der Waals surface area contributed by atoms with Crippen LogP contribution in [0.5, 0.6) is 0 Å². The minimum absolute atomic E-state index is 0.0642. The van der Waals surface area contributed by atoms with Crippen molar-refractivity contribution >= 4 is 17.9 Å². The van der Waals surface area contributed by atoms with E-state index in [2.05, 4.69) is 34.6 Å². The molecular weight excluding hydrogens is 745 g/mol. The van der Waals surface area contributed by atoms with Crippen LogP contribution in [0.3, 0.4) is 0 Å². The molecule has 0 aliphatic rings. The van der Waals surface area contributed by atoms with Crippen molar-refractivity contribution in [2.24, 2.45) is 11.8 Å². The smallest absolute Gasteiger partial charge is 0.306 e. The molecule has 0 N–H and O–H groups in total. The largest absolute Gasteiger partial charge is 0.462 e. The van der Waals surface area contributed by atoms with Crippen molar-refractivity contribution in [3.05, 3.63) is 0 Å². The van der Waals surface area contributed by atoms with E-state index in [1.54, 1.807) is 0 Å². The zero-order valence-electron chi connectivity index (χ0n) is 41.1. The second-order valence-electron chi connectivity index (χ2n) is 19.2. The molecule has 0 heterocycles. The van der Waals surface area contributed by atoms with Crippen LogP contribution in [0.2, 0.25) is 0 Å². The maximum Gasteiger partial charge on any atom is 0.306 e. The van der Waals surface area contributed by atoms with Crippen molar-refractivity contribution in [2.45, 2.75) is 304 Å². The minimum atomic E-state index is -0.762. The van der Waals surface area contributed by atoms with E-state index in [4.69, 9.17) is 14.2 Å². The number of rotatable bonds is 48. The van der Waals surface area contributed by atoms with Gasteiger partial charge in [0.1, 0.15) is 13.2 Å². The second-order valence-corrected chi connectivity index (χ2v) is 19.2. The molecule has 356 valence electrons. The molecule has 60 heavy (non-hydrogen) atoms. The molecule has 2 atom stereocenters. The quantitative estimate of drug-likeness (QED) is 0.0345. The third kappa shape index (κ3) is 45.9. The van der Waals surface area contributed by atoms with Crippen molar-refractivity contribution in [2.75, 3.05) is 13.2 Å². The highest BCUT2D eigenvalue weighted by atomic mass is 16.6. The van der Waals surface area contributed by atoms with Crippen LogP contribution in [0.25, 0.3) is 0 Å². The molecule has 0 aromatic heterocycles. The highest BCUT2D eigenvalue weighted by Gasteiger charge is 2.19. The molecule has 0 amide bonds. The maximum atomic E-state index is 12.8. The Balaban J connectivity index is 4.24. The molecule has 0 rings (SSSR count). The minimum Gasteiger partial charge on any atom is -0.462 e. The van der Waals surface area contributed by atoms with Gasteiger partial charge in [-0.2, -0.15) is 0 Å². The molecule has 0 aliphatic carbocycles. The van der Waals surface area contributed by atoms with E-state index >= 15 is 0 Å². The molecular formula is C54H104O6. The third-order valence-electron chi connectivity index (χ3n) is 12.6. The molecule has 6 heteroatoms. The molecule has 6 nitrogen and oxygen atoms in total. The van der Waals surface area contributed by atoms with Crippen molar-refractivity contribution in [1.82, 2.24) is 0 Å². The number of esters is 3. The van der Waals surface area contributed by atoms with Gasteiger partial charge in [0.2, 0.25) is 0 Å². The summed E-state index contributed by atoms with van der Waals surface area (Å²) in [5.74, 6) is 0.809. The number of unbranched alkanes of at least 4 members (excludes halogenated alkanes) is 32. The van der Waals surface area contributed by atoms with Crippen LogP contribution in [-0.4, -0.2) is 37.2 Å². The number of ether oxygens (including phenoxy) is 3. The lowest BCUT2D eigenvalue weighted by Gasteiger charge is -2.18. The van der Waals surface area contributed by atoms with Crippen LogP contribution >= 0.6 is 0 Å². The highest BCUT2D eigenvalue weighted by molar-refractivity contribution is 5.71. The van der Waals surface area contributed by atoms with Gasteiger partial charge in [-0.25, -0.2) is 0 Å². The van der Waals surface area contributed by atoms with Crippen LogP contribution in [0.1, 0.15) is 298 Å². The fourth-order valence-electron chi connectivity index (χ4n) is 8.13. The Morgan fingerprint density at radius 1 is 0.350 bits per heavy atom. The van der Waals surface area contributed by atoms with E-state index in [1.165, 1.54) is 186 Å². The molecule has 0 aliphatic heterocycles. The Hall–Kier alpha value is -1.59. The van der Waals surface area contributed by atoms with Gasteiger partial charge in [-0.15, -0.1) is 0 Å². The lowest BCUT2D eigenvalue weighted by atomic mass is 9.99. The summed E-state index contributed by atoms with van der Waals surface area (Å²) in [6.45, 7) is 11.4. The molecule has 1 unspecified atom stereocenters. The molecule has 0 saturated carbocycles. The van der Waals surface area contributed by atoms with Gasteiger partial charge in [0.25, 0.3) is 0 Å². The topological polar surface area (TPSA) is 78.9 Å². The van der Waals surface area contributed by atoms with Crippen molar-refractivity contribution in [3.8, 4) is 0 Å². The first-order valence-corrected chi connectivity index (χ1v) is 26.8. The van der Waals surface area contributed by atoms with Gasteiger partial charge in [-0.05, 0) is 31.1 Å². The second kappa shape index (κ2) is 46.9. The Bertz CT molecular complexity index is 918. The normalized spacial score (nSPS) is 12.5. The summed E-state index contributed by atoms with van der Waals surface area (Å²) in [6.07, 6.45) is 48.1. The summed E-state index contributed by atoms with van der Waals surface area (Å²) in [6, 6.07) is 0. The van der Waals surface area contributed by atoms with E-state index < -0.39 is 6.10 Å². The standard InChI is InChI=1S/C54H104O6/c1-6-8-9-10-11-12-13-14-15-20-23-26-29-36-41-46-54(57)60-51(48-59-53(56)45-40-35-31-30-32-37-42-49(3)4)47-58-52(55)44-39-34-28-25-22-19-17-16-18-21-24-27-33-38-43-50(5)7-2/h49-51H,6-48H2,1-5H3/t50?,51-/m1/s1. The zero-order chi connectivity index (χ0) is 44.0. The average molecular weight is 849 g/mol. The lowest BCUT2D eigenvalue weighted by molar-refractivity contribution is -0.167. The SMILES string of the molecule is CCCCCCCCCCCCCCCCCC(=O)O[C@H](COC(=O)CCCCCCCCCCCCCCCCC(C)CC)COC(=O)CCCCCCCCC(C)C. The number of hydrogen-bond donors (Lipinski definition) is 0. The first-order valence-electron chi connectivity index (χ1n) is 26.8. The monoisotopic (exact) mass is 849 g/mol. The Labute approximate surface area is 374 Å². The predicted molar refractivity (Wildman–Crippen MR) is 256 cm³/mol. The number of carbonyl (C=O) groups excluding carboxylic acids is 3. The average Bonchev–Trinajstić information content (AvgIpc) is 3.23. The summed E-state index contributed by atoms with van der Waals surface area (Å²) in [4.78, 5) is 37.9. The van der Waals surface area contributed by atoms with Crippen LogP contribution in [0, 0.1) is 11.8 Å². The van der Waals surface area contributed by atoms with Gasteiger partial charge in [0.05, 0.1) is 0 Å². The summed E-state index contributed by atoms with van der Waals surface area (Å²) >= 11 is 0. The van der Waals surface area contributed by atoms with Gasteiger partial charge >= 0.3 is 17.9 Å². The molecule has 0 bridgehead atoms. The molecule has 0 saturated heterocycles. The van der Waals surface area contributed by atoms with Gasteiger partial charge in [-0.3, -0.25) is 14.4 Å². The molecule has 0 spiro atoms. The predicted octanol–water partition coefficient (Wildman–Crippen LogP) is 17.3. The first-order chi connectivity index (χ1) is 29.3. The fraction of sp³-hybridized carbons (Fsp3) is 0.944. The third-order valence-corrected chi connectivity index (χ3v) is 12.6. The van der Waals surface area contributed by atoms with E-state index in [-0.39, 0.29) is 31.1 Å². The summed E-state index contributed by atoms with van der Waals surface area (Å²) < 4.78 is 16.8. The van der Waals surface area contributed by atoms with Gasteiger partial charge in [-0.1, -0.05) is 259 Å². The summed E-state index contributed by atoms with van der Waals surface area (Å²) in [7, 11) is 0. The van der Waals surface area contributed by atoms with Crippen LogP contribution in [0.15, 0.2) is 0 Å². The van der Waals surface area contributed by atoms with E-state index in [0.29, 0.717) is 19.3 Å². The zero-order valence-corrected chi connectivity index (χ0v) is 41.1. The first kappa shape index (κ1) is 58.4. The van der Waals surface area contributed by atoms with Gasteiger partial charge in [0.15, 0.2) is 6.10 Å². The molecule has 0 fully saturated rings. The van der Waals surface area contributed by atoms with Crippen molar-refractivity contribution in [1.29, 1.82) is 0 Å². The Morgan fingerprint density at radius 2 is 0.633 bits per heavy atom. The molecule has 0 aromatic rings. The Kier molecular flexibility index (Phi) is 45.7. The highest BCUT2D eigenvalue weighted by Crippen LogP contribution is 2.18. The van der Waals surface area contributed by atoms with Gasteiger partial charge in [0, 0.05) is 19.3 Å². The molecule has 0 radical (unpaired) electrons. The van der Waals surface area contributed by atoms with Crippen LogP contribution in [0.4, 0.5) is 0 Å². The number of carbonyl (C=O) groups is 3. The van der Waals surface area contributed by atoms with E-state index in [9.17, 15) is 14.4 Å². The number of hydrogen-bond acceptors (Lipinski definition) is 6. The lowest BCUT2D eigenvalue weighted by Crippen LogP contribution is -2.30. The Morgan fingerprint density at radius 3 is 0.950 bits per heavy atom.